The van der Waals surface area contributed by atoms with E-state index in [1.807, 2.05) is 26.0 Å². The molecule has 7 heteroatoms. The molecule has 4 rings (SSSR count). The second-order valence-corrected chi connectivity index (χ2v) is 8.33. The van der Waals surface area contributed by atoms with E-state index in [9.17, 15) is 19.2 Å². The largest absolute Gasteiger partial charge is 0.350 e. The van der Waals surface area contributed by atoms with Gasteiger partial charge in [0, 0.05) is 46.8 Å². The van der Waals surface area contributed by atoms with E-state index in [1.165, 1.54) is 4.90 Å². The Balaban J connectivity index is 1.34. The van der Waals surface area contributed by atoms with Crippen LogP contribution in [0.5, 0.6) is 0 Å². The van der Waals surface area contributed by atoms with E-state index in [0.29, 0.717) is 34.2 Å². The summed E-state index contributed by atoms with van der Waals surface area (Å²) in [5.74, 6) is -1.07. The number of rotatable bonds is 7. The van der Waals surface area contributed by atoms with Crippen LogP contribution < -0.4 is 10.6 Å². The van der Waals surface area contributed by atoms with Gasteiger partial charge in [0.1, 0.15) is 0 Å². The molecule has 0 fully saturated rings. The molecular formula is C26H25N3O4. The van der Waals surface area contributed by atoms with Gasteiger partial charge in [0.05, 0.1) is 0 Å². The van der Waals surface area contributed by atoms with Crippen LogP contribution in [0.4, 0.5) is 5.69 Å². The number of benzene rings is 3. The molecule has 0 radical (unpaired) electrons. The van der Waals surface area contributed by atoms with Crippen LogP contribution in [0.25, 0.3) is 10.8 Å². The Kier molecular flexibility index (Phi) is 6.22. The minimum Gasteiger partial charge on any atom is -0.350 e. The molecule has 0 atom stereocenters. The maximum Gasteiger partial charge on any atom is 0.261 e. The lowest BCUT2D eigenvalue weighted by Gasteiger charge is -2.27. The molecule has 0 aliphatic carbocycles. The van der Waals surface area contributed by atoms with Crippen molar-refractivity contribution in [1.82, 2.24) is 10.2 Å². The summed E-state index contributed by atoms with van der Waals surface area (Å²) in [4.78, 5) is 51.4. The first-order chi connectivity index (χ1) is 15.8. The molecule has 0 aromatic heterocycles. The number of carbonyl (C=O) groups is 4. The molecule has 1 heterocycles. The minimum absolute atomic E-state index is 0.0388. The Hall–Kier alpha value is -4.00. The van der Waals surface area contributed by atoms with Crippen LogP contribution in [0.15, 0.2) is 60.7 Å². The third-order valence-corrected chi connectivity index (χ3v) is 5.49. The zero-order chi connectivity index (χ0) is 23.5. The second-order valence-electron chi connectivity index (χ2n) is 8.33. The molecule has 0 bridgehead atoms. The fourth-order valence-electron chi connectivity index (χ4n) is 3.96. The van der Waals surface area contributed by atoms with Gasteiger partial charge in [-0.15, -0.1) is 0 Å². The van der Waals surface area contributed by atoms with Gasteiger partial charge in [-0.1, -0.05) is 24.3 Å². The normalized spacial score (nSPS) is 12.9. The number of hydrogen-bond donors (Lipinski definition) is 2. The van der Waals surface area contributed by atoms with E-state index in [-0.39, 0.29) is 42.6 Å². The first-order valence-corrected chi connectivity index (χ1v) is 10.9. The van der Waals surface area contributed by atoms with Gasteiger partial charge in [0.25, 0.3) is 17.7 Å². The van der Waals surface area contributed by atoms with Crippen molar-refractivity contribution in [2.45, 2.75) is 32.7 Å². The van der Waals surface area contributed by atoms with E-state index in [4.69, 9.17) is 0 Å². The molecule has 7 nitrogen and oxygen atoms in total. The molecule has 0 unspecified atom stereocenters. The standard InChI is InChI=1S/C26H25N3O4/c1-16(2)27-24(31)18-11-13-19(14-12-18)28-22(30)10-5-15-29-25(32)20-8-3-6-17-7-4-9-21(23(17)20)26(29)33/h3-4,6-9,11-14,16H,5,10,15H2,1-2H3,(H,27,31)(H,28,30). The molecule has 2 N–H and O–H groups in total. The van der Waals surface area contributed by atoms with Gasteiger partial charge < -0.3 is 10.6 Å². The molecule has 3 aromatic carbocycles. The van der Waals surface area contributed by atoms with Crippen molar-refractivity contribution in [3.8, 4) is 0 Å². The van der Waals surface area contributed by atoms with Crippen molar-refractivity contribution in [3.63, 3.8) is 0 Å². The predicted molar refractivity (Wildman–Crippen MR) is 126 cm³/mol. The Morgan fingerprint density at radius 2 is 1.48 bits per heavy atom. The lowest BCUT2D eigenvalue weighted by Crippen LogP contribution is -2.41. The second kappa shape index (κ2) is 9.24. The fourth-order valence-corrected chi connectivity index (χ4v) is 3.96. The van der Waals surface area contributed by atoms with Crippen molar-refractivity contribution in [1.29, 1.82) is 0 Å². The van der Waals surface area contributed by atoms with Crippen LogP contribution in [0.1, 0.15) is 57.8 Å². The maximum atomic E-state index is 12.9. The zero-order valence-corrected chi connectivity index (χ0v) is 18.6. The van der Waals surface area contributed by atoms with Crippen LogP contribution in [0, 0.1) is 0 Å². The van der Waals surface area contributed by atoms with E-state index in [0.717, 1.165) is 5.39 Å². The van der Waals surface area contributed by atoms with Gasteiger partial charge in [0.2, 0.25) is 5.91 Å². The monoisotopic (exact) mass is 443 g/mol. The van der Waals surface area contributed by atoms with Crippen LogP contribution in [-0.4, -0.2) is 41.1 Å². The topological polar surface area (TPSA) is 95.6 Å². The first kappa shape index (κ1) is 22.2. The van der Waals surface area contributed by atoms with Crippen LogP contribution in [-0.2, 0) is 4.79 Å². The average Bonchev–Trinajstić information content (AvgIpc) is 2.79. The lowest BCUT2D eigenvalue weighted by atomic mass is 9.94. The molecule has 168 valence electrons. The number of imide groups is 1. The zero-order valence-electron chi connectivity index (χ0n) is 18.6. The summed E-state index contributed by atoms with van der Waals surface area (Å²) in [6, 6.07) is 17.5. The van der Waals surface area contributed by atoms with E-state index in [2.05, 4.69) is 10.6 Å². The molecule has 3 aromatic rings. The minimum atomic E-state index is -0.333. The van der Waals surface area contributed by atoms with E-state index < -0.39 is 0 Å². The highest BCUT2D eigenvalue weighted by atomic mass is 16.2. The summed E-state index contributed by atoms with van der Waals surface area (Å²) in [7, 11) is 0. The van der Waals surface area contributed by atoms with Crippen LogP contribution in [0.3, 0.4) is 0 Å². The number of nitrogens with one attached hydrogen (secondary N) is 2. The molecule has 33 heavy (non-hydrogen) atoms. The smallest absolute Gasteiger partial charge is 0.261 e. The van der Waals surface area contributed by atoms with Crippen molar-refractivity contribution in [3.05, 3.63) is 77.4 Å². The van der Waals surface area contributed by atoms with Gasteiger partial charge in [-0.2, -0.15) is 0 Å². The van der Waals surface area contributed by atoms with E-state index in [1.54, 1.807) is 48.5 Å². The Morgan fingerprint density at radius 1 is 0.879 bits per heavy atom. The third kappa shape index (κ3) is 4.62. The van der Waals surface area contributed by atoms with Crippen molar-refractivity contribution >= 4 is 40.1 Å². The third-order valence-electron chi connectivity index (χ3n) is 5.49. The quantitative estimate of drug-likeness (QED) is 0.540. The highest BCUT2D eigenvalue weighted by molar-refractivity contribution is 6.25. The van der Waals surface area contributed by atoms with Gasteiger partial charge in [0.15, 0.2) is 0 Å². The SMILES string of the molecule is CC(C)NC(=O)c1ccc(NC(=O)CCCN2C(=O)c3cccc4cccc(c34)C2=O)cc1. The van der Waals surface area contributed by atoms with Crippen molar-refractivity contribution < 1.29 is 19.2 Å². The van der Waals surface area contributed by atoms with Crippen molar-refractivity contribution in [2.24, 2.45) is 0 Å². The Bertz CT molecular complexity index is 1200. The number of anilines is 1. The van der Waals surface area contributed by atoms with Gasteiger partial charge in [-0.05, 0) is 62.1 Å². The maximum absolute atomic E-state index is 12.9. The molecule has 1 aliphatic rings. The summed E-state index contributed by atoms with van der Waals surface area (Å²) in [5.41, 5.74) is 2.11. The number of hydrogen-bond acceptors (Lipinski definition) is 4. The lowest BCUT2D eigenvalue weighted by molar-refractivity contribution is -0.116. The average molecular weight is 444 g/mol. The summed E-state index contributed by atoms with van der Waals surface area (Å²) in [5, 5.41) is 7.14. The number of carbonyl (C=O) groups excluding carboxylic acids is 4. The predicted octanol–water partition coefficient (Wildman–Crippen LogP) is 3.99. The number of nitrogens with zero attached hydrogens (tertiary/aromatic N) is 1. The molecule has 4 amide bonds. The summed E-state index contributed by atoms with van der Waals surface area (Å²) < 4.78 is 0. The molecular weight excluding hydrogens is 418 g/mol. The fraction of sp³-hybridized carbons (Fsp3) is 0.231. The summed E-state index contributed by atoms with van der Waals surface area (Å²) in [6.45, 7) is 3.93. The van der Waals surface area contributed by atoms with E-state index >= 15 is 0 Å². The Morgan fingerprint density at radius 3 is 2.06 bits per heavy atom. The van der Waals surface area contributed by atoms with Crippen molar-refractivity contribution in [2.75, 3.05) is 11.9 Å². The van der Waals surface area contributed by atoms with Crippen LogP contribution >= 0.6 is 0 Å². The Labute approximate surface area is 191 Å². The van der Waals surface area contributed by atoms with Gasteiger partial charge >= 0.3 is 0 Å². The van der Waals surface area contributed by atoms with Gasteiger partial charge in [-0.3, -0.25) is 24.1 Å². The number of amides is 4. The molecule has 1 aliphatic heterocycles. The summed E-state index contributed by atoms with van der Waals surface area (Å²) in [6.07, 6.45) is 0.495. The highest BCUT2D eigenvalue weighted by Gasteiger charge is 2.32. The summed E-state index contributed by atoms with van der Waals surface area (Å²) >= 11 is 0. The molecule has 0 spiro atoms. The molecule has 0 saturated carbocycles. The molecule has 0 saturated heterocycles. The van der Waals surface area contributed by atoms with Crippen LogP contribution in [0.2, 0.25) is 0 Å². The first-order valence-electron chi connectivity index (χ1n) is 10.9. The highest BCUT2D eigenvalue weighted by Crippen LogP contribution is 2.30. The van der Waals surface area contributed by atoms with Gasteiger partial charge in [-0.25, -0.2) is 0 Å².